The van der Waals surface area contributed by atoms with Gasteiger partial charge in [-0.1, -0.05) is 24.3 Å². The van der Waals surface area contributed by atoms with E-state index in [0.717, 1.165) is 11.1 Å². The van der Waals surface area contributed by atoms with Crippen LogP contribution in [0, 0.1) is 0 Å². The molecule has 5 heteroatoms. The molecule has 1 aromatic heterocycles. The van der Waals surface area contributed by atoms with Crippen molar-refractivity contribution >= 4 is 0 Å². The Bertz CT molecular complexity index is 489. The molecule has 0 unspecified atom stereocenters. The third-order valence-electron chi connectivity index (χ3n) is 2.73. The summed E-state index contributed by atoms with van der Waals surface area (Å²) in [6.07, 6.45) is 3.87. The van der Waals surface area contributed by atoms with Gasteiger partial charge in [-0.05, 0) is 11.1 Å². The van der Waals surface area contributed by atoms with Crippen LogP contribution >= 0.6 is 0 Å². The first-order valence-corrected chi connectivity index (χ1v) is 5.57. The number of alkyl halides is 1. The number of hydrogen-bond acceptors (Lipinski definition) is 4. The Balaban J connectivity index is 2.20. The summed E-state index contributed by atoms with van der Waals surface area (Å²) >= 11 is 0. The van der Waals surface area contributed by atoms with Gasteiger partial charge in [0.2, 0.25) is 0 Å². The van der Waals surface area contributed by atoms with Crippen LogP contribution < -0.4 is 5.73 Å². The topological polar surface area (TPSA) is 72.0 Å². The molecular formula is C13H14FN3O. The second-order valence-corrected chi connectivity index (χ2v) is 4.01. The number of hydrogen-bond donors (Lipinski definition) is 2. The molecule has 0 aliphatic carbocycles. The lowest BCUT2D eigenvalue weighted by molar-refractivity contribution is 0.132. The number of aliphatic hydroxyl groups excluding tert-OH is 1. The Morgan fingerprint density at radius 3 is 2.28 bits per heavy atom. The van der Waals surface area contributed by atoms with E-state index in [4.69, 9.17) is 5.73 Å². The zero-order valence-corrected chi connectivity index (χ0v) is 9.70. The highest BCUT2D eigenvalue weighted by atomic mass is 19.1. The van der Waals surface area contributed by atoms with Crippen molar-refractivity contribution in [2.45, 2.75) is 12.1 Å². The van der Waals surface area contributed by atoms with E-state index >= 15 is 0 Å². The SMILES string of the molecule is N[C@H](CF)[C@H](O)c1ccc(-c2cncnc2)cc1. The van der Waals surface area contributed by atoms with Crippen LogP contribution in [0.15, 0.2) is 43.0 Å². The maximum absolute atomic E-state index is 12.4. The summed E-state index contributed by atoms with van der Waals surface area (Å²) in [5, 5.41) is 9.76. The summed E-state index contributed by atoms with van der Waals surface area (Å²) in [4.78, 5) is 7.86. The minimum atomic E-state index is -0.990. The third kappa shape index (κ3) is 2.69. The second kappa shape index (κ2) is 5.66. The molecule has 0 saturated heterocycles. The van der Waals surface area contributed by atoms with E-state index in [1.807, 2.05) is 12.1 Å². The predicted molar refractivity (Wildman–Crippen MR) is 66.4 cm³/mol. The molecule has 4 nitrogen and oxygen atoms in total. The molecule has 1 heterocycles. The average Bonchev–Trinajstić information content (AvgIpc) is 2.47. The van der Waals surface area contributed by atoms with Crippen molar-refractivity contribution in [2.75, 3.05) is 6.67 Å². The van der Waals surface area contributed by atoms with Crippen molar-refractivity contribution in [3.8, 4) is 11.1 Å². The Labute approximate surface area is 104 Å². The monoisotopic (exact) mass is 247 g/mol. The van der Waals surface area contributed by atoms with Crippen LogP contribution in [-0.2, 0) is 0 Å². The lowest BCUT2D eigenvalue weighted by Crippen LogP contribution is -2.30. The molecule has 1 aromatic carbocycles. The summed E-state index contributed by atoms with van der Waals surface area (Å²) < 4.78 is 12.4. The maximum atomic E-state index is 12.4. The predicted octanol–water partition coefficient (Wildman–Crippen LogP) is 1.47. The van der Waals surface area contributed by atoms with E-state index in [9.17, 15) is 9.50 Å². The van der Waals surface area contributed by atoms with Crippen molar-refractivity contribution in [1.82, 2.24) is 9.97 Å². The van der Waals surface area contributed by atoms with Gasteiger partial charge >= 0.3 is 0 Å². The van der Waals surface area contributed by atoms with Crippen LogP contribution in [0.1, 0.15) is 11.7 Å². The van der Waals surface area contributed by atoms with E-state index in [1.54, 1.807) is 24.5 Å². The van der Waals surface area contributed by atoms with Gasteiger partial charge in [-0.2, -0.15) is 0 Å². The summed E-state index contributed by atoms with van der Waals surface area (Å²) in [7, 11) is 0. The number of nitrogens with two attached hydrogens (primary N) is 1. The van der Waals surface area contributed by atoms with Gasteiger partial charge in [0.25, 0.3) is 0 Å². The Morgan fingerprint density at radius 2 is 1.72 bits per heavy atom. The molecule has 0 saturated carbocycles. The Morgan fingerprint density at radius 1 is 1.11 bits per heavy atom. The van der Waals surface area contributed by atoms with Gasteiger partial charge in [-0.3, -0.25) is 0 Å². The van der Waals surface area contributed by atoms with Gasteiger partial charge < -0.3 is 10.8 Å². The molecule has 0 aliphatic rings. The lowest BCUT2D eigenvalue weighted by Gasteiger charge is -2.16. The molecule has 2 atom stereocenters. The van der Waals surface area contributed by atoms with Gasteiger partial charge in [0, 0.05) is 18.0 Å². The quantitative estimate of drug-likeness (QED) is 0.858. The number of halogens is 1. The smallest absolute Gasteiger partial charge is 0.115 e. The molecule has 3 N–H and O–H groups in total. The maximum Gasteiger partial charge on any atom is 0.115 e. The Hall–Kier alpha value is -1.85. The summed E-state index contributed by atoms with van der Waals surface area (Å²) in [5.74, 6) is 0. The van der Waals surface area contributed by atoms with Crippen molar-refractivity contribution in [3.05, 3.63) is 48.5 Å². The van der Waals surface area contributed by atoms with E-state index in [0.29, 0.717) is 5.56 Å². The summed E-state index contributed by atoms with van der Waals surface area (Å²) in [6.45, 7) is -0.755. The fraction of sp³-hybridized carbons (Fsp3) is 0.231. The van der Waals surface area contributed by atoms with Crippen LogP contribution in [0.4, 0.5) is 4.39 Å². The van der Waals surface area contributed by atoms with E-state index in [-0.39, 0.29) is 0 Å². The van der Waals surface area contributed by atoms with Crippen molar-refractivity contribution in [2.24, 2.45) is 5.73 Å². The Kier molecular flexibility index (Phi) is 3.96. The van der Waals surface area contributed by atoms with Crippen LogP contribution in [0.5, 0.6) is 0 Å². The normalized spacial score (nSPS) is 14.2. The molecule has 2 rings (SSSR count). The lowest BCUT2D eigenvalue weighted by atomic mass is 10.0. The standard InChI is InChI=1S/C13H14FN3O/c14-5-12(15)13(18)10-3-1-9(2-4-10)11-6-16-8-17-7-11/h1-4,6-8,12-13,18H,5,15H2/t12-,13-/m1/s1. The van der Waals surface area contributed by atoms with Gasteiger partial charge in [-0.25, -0.2) is 14.4 Å². The molecule has 0 fully saturated rings. The van der Waals surface area contributed by atoms with Gasteiger partial charge in [0.05, 0.1) is 12.1 Å². The molecule has 0 radical (unpaired) electrons. The first-order chi connectivity index (χ1) is 8.72. The highest BCUT2D eigenvalue weighted by molar-refractivity contribution is 5.61. The molecule has 0 amide bonds. The number of benzene rings is 1. The molecule has 0 spiro atoms. The van der Waals surface area contributed by atoms with Gasteiger partial charge in [0.1, 0.15) is 13.0 Å². The molecule has 2 aromatic rings. The fourth-order valence-electron chi connectivity index (χ4n) is 1.65. The highest BCUT2D eigenvalue weighted by Crippen LogP contribution is 2.22. The first kappa shape index (κ1) is 12.6. The molecule has 0 aliphatic heterocycles. The number of aromatic nitrogens is 2. The first-order valence-electron chi connectivity index (χ1n) is 5.57. The number of nitrogens with zero attached hydrogens (tertiary/aromatic N) is 2. The number of aliphatic hydroxyl groups is 1. The third-order valence-corrected chi connectivity index (χ3v) is 2.73. The zero-order chi connectivity index (χ0) is 13.0. The molecule has 18 heavy (non-hydrogen) atoms. The van der Waals surface area contributed by atoms with Gasteiger partial charge in [-0.15, -0.1) is 0 Å². The van der Waals surface area contributed by atoms with Crippen LogP contribution in [0.25, 0.3) is 11.1 Å². The van der Waals surface area contributed by atoms with Crippen LogP contribution in [0.3, 0.4) is 0 Å². The molecular weight excluding hydrogens is 233 g/mol. The number of rotatable bonds is 4. The van der Waals surface area contributed by atoms with Crippen LogP contribution in [-0.4, -0.2) is 27.8 Å². The van der Waals surface area contributed by atoms with E-state index < -0.39 is 18.8 Å². The highest BCUT2D eigenvalue weighted by Gasteiger charge is 2.16. The van der Waals surface area contributed by atoms with Crippen molar-refractivity contribution < 1.29 is 9.50 Å². The van der Waals surface area contributed by atoms with Crippen LogP contribution in [0.2, 0.25) is 0 Å². The van der Waals surface area contributed by atoms with E-state index in [1.165, 1.54) is 6.33 Å². The minimum absolute atomic E-state index is 0.598. The summed E-state index contributed by atoms with van der Waals surface area (Å²) in [5.41, 5.74) is 7.86. The van der Waals surface area contributed by atoms with Crippen molar-refractivity contribution in [1.29, 1.82) is 0 Å². The largest absolute Gasteiger partial charge is 0.387 e. The second-order valence-electron chi connectivity index (χ2n) is 4.01. The molecule has 94 valence electrons. The zero-order valence-electron chi connectivity index (χ0n) is 9.70. The average molecular weight is 247 g/mol. The minimum Gasteiger partial charge on any atom is -0.387 e. The van der Waals surface area contributed by atoms with Gasteiger partial charge in [0.15, 0.2) is 0 Å². The molecule has 0 bridgehead atoms. The summed E-state index contributed by atoms with van der Waals surface area (Å²) in [6, 6.07) is 6.20. The van der Waals surface area contributed by atoms with E-state index in [2.05, 4.69) is 9.97 Å². The fourth-order valence-corrected chi connectivity index (χ4v) is 1.65. The van der Waals surface area contributed by atoms with Crippen molar-refractivity contribution in [3.63, 3.8) is 0 Å².